The predicted molar refractivity (Wildman–Crippen MR) is 86.7 cm³/mol. The van der Waals surface area contributed by atoms with Crippen LogP contribution in [0.15, 0.2) is 48.2 Å². The molecular formula is C20H20O. The lowest BCUT2D eigenvalue weighted by molar-refractivity contribution is 0.307. The number of hydrogen-bond acceptors (Lipinski definition) is 1. The lowest BCUT2D eigenvalue weighted by Gasteiger charge is -2.39. The molecule has 1 N–H and O–H groups in total. The molecule has 0 heterocycles. The summed E-state index contributed by atoms with van der Waals surface area (Å²) in [6.45, 7) is 6.30. The van der Waals surface area contributed by atoms with Gasteiger partial charge in [0.25, 0.3) is 0 Å². The number of hydrogen-bond donors (Lipinski definition) is 1. The van der Waals surface area contributed by atoms with Crippen molar-refractivity contribution in [3.8, 4) is 5.75 Å². The summed E-state index contributed by atoms with van der Waals surface area (Å²) in [6, 6.07) is 10.2. The lowest BCUT2D eigenvalue weighted by atomic mass is 9.65. The fraction of sp³-hybridized carbons (Fsp3) is 0.350. The third kappa shape index (κ3) is 1.65. The third-order valence-electron chi connectivity index (χ3n) is 5.78. The van der Waals surface area contributed by atoms with Gasteiger partial charge in [-0.05, 0) is 71.2 Å². The molecule has 106 valence electrons. The molecule has 1 saturated carbocycles. The van der Waals surface area contributed by atoms with Crippen molar-refractivity contribution >= 4 is 10.8 Å². The van der Waals surface area contributed by atoms with E-state index in [2.05, 4.69) is 37.4 Å². The minimum Gasteiger partial charge on any atom is -0.508 e. The van der Waals surface area contributed by atoms with Gasteiger partial charge in [0.05, 0.1) is 0 Å². The molecule has 0 aliphatic heterocycles. The zero-order chi connectivity index (χ0) is 14.6. The number of aryl methyl sites for hydroxylation is 1. The van der Waals surface area contributed by atoms with Crippen LogP contribution in [0.3, 0.4) is 0 Å². The molecule has 2 aromatic rings. The van der Waals surface area contributed by atoms with Crippen LogP contribution in [-0.2, 0) is 6.42 Å². The molecule has 0 aromatic heterocycles. The van der Waals surface area contributed by atoms with Crippen LogP contribution in [0.25, 0.3) is 10.8 Å². The number of aromatic hydroxyl groups is 1. The smallest absolute Gasteiger partial charge is 0.116 e. The molecule has 2 aromatic carbocycles. The van der Waals surface area contributed by atoms with Crippen molar-refractivity contribution in [3.63, 3.8) is 0 Å². The maximum absolute atomic E-state index is 9.67. The summed E-state index contributed by atoms with van der Waals surface area (Å²) < 4.78 is 0. The van der Waals surface area contributed by atoms with E-state index < -0.39 is 0 Å². The molecule has 1 nitrogen and oxygen atoms in total. The normalized spacial score (nSPS) is 27.3. The SMILES string of the molecule is C=C=C1CC[C@H]2c3ccc4cc(O)ccc4c3CC[C@]12C. The Kier molecular flexibility index (Phi) is 2.58. The highest BCUT2D eigenvalue weighted by molar-refractivity contribution is 5.88. The van der Waals surface area contributed by atoms with Crippen molar-refractivity contribution in [2.24, 2.45) is 5.41 Å². The van der Waals surface area contributed by atoms with Crippen LogP contribution in [0.2, 0.25) is 0 Å². The average Bonchev–Trinajstić information content (AvgIpc) is 2.83. The Morgan fingerprint density at radius 3 is 2.90 bits per heavy atom. The van der Waals surface area contributed by atoms with Crippen LogP contribution in [-0.4, -0.2) is 5.11 Å². The van der Waals surface area contributed by atoms with Gasteiger partial charge in [-0.2, -0.15) is 0 Å². The van der Waals surface area contributed by atoms with Crippen LogP contribution >= 0.6 is 0 Å². The topological polar surface area (TPSA) is 20.2 Å². The molecule has 0 spiro atoms. The molecule has 0 radical (unpaired) electrons. The molecule has 1 fully saturated rings. The summed E-state index contributed by atoms with van der Waals surface area (Å²) in [5.41, 5.74) is 7.88. The maximum Gasteiger partial charge on any atom is 0.116 e. The van der Waals surface area contributed by atoms with Crippen molar-refractivity contribution in [2.45, 2.75) is 38.5 Å². The van der Waals surface area contributed by atoms with E-state index in [1.807, 2.05) is 6.07 Å². The van der Waals surface area contributed by atoms with Crippen molar-refractivity contribution < 1.29 is 5.11 Å². The number of benzene rings is 2. The van der Waals surface area contributed by atoms with Gasteiger partial charge < -0.3 is 5.11 Å². The minimum atomic E-state index is 0.249. The van der Waals surface area contributed by atoms with Gasteiger partial charge in [0.15, 0.2) is 0 Å². The van der Waals surface area contributed by atoms with Gasteiger partial charge in [0, 0.05) is 5.41 Å². The quantitative estimate of drug-likeness (QED) is 0.665. The molecule has 2 atom stereocenters. The highest BCUT2D eigenvalue weighted by Crippen LogP contribution is 2.58. The Morgan fingerprint density at radius 2 is 2.10 bits per heavy atom. The lowest BCUT2D eigenvalue weighted by Crippen LogP contribution is -2.27. The van der Waals surface area contributed by atoms with Gasteiger partial charge in [-0.25, -0.2) is 0 Å². The molecule has 2 aliphatic carbocycles. The zero-order valence-corrected chi connectivity index (χ0v) is 12.4. The summed E-state index contributed by atoms with van der Waals surface area (Å²) in [7, 11) is 0. The number of phenols is 1. The van der Waals surface area contributed by atoms with E-state index in [1.54, 1.807) is 6.07 Å². The molecular weight excluding hydrogens is 256 g/mol. The second-order valence-electron chi connectivity index (χ2n) is 6.70. The molecule has 2 aliphatic rings. The summed E-state index contributed by atoms with van der Waals surface area (Å²) in [4.78, 5) is 0. The standard InChI is InChI=1S/C20H20O/c1-3-14-5-9-19-18-7-4-13-12-15(21)6-8-16(13)17(18)10-11-20(14,19)2/h4,6-8,12,19,21H,1,5,9-11H2,2H3/t19-,20+/m0/s1. The van der Waals surface area contributed by atoms with Crippen LogP contribution < -0.4 is 0 Å². The Labute approximate surface area is 125 Å². The van der Waals surface area contributed by atoms with Crippen LogP contribution in [0.4, 0.5) is 0 Å². The monoisotopic (exact) mass is 276 g/mol. The highest BCUT2D eigenvalue weighted by Gasteiger charge is 2.46. The summed E-state index contributed by atoms with van der Waals surface area (Å²) in [6.07, 6.45) is 4.64. The second-order valence-corrected chi connectivity index (χ2v) is 6.70. The Balaban J connectivity index is 1.94. The van der Waals surface area contributed by atoms with E-state index in [9.17, 15) is 5.11 Å². The fourth-order valence-electron chi connectivity index (χ4n) is 4.61. The predicted octanol–water partition coefficient (Wildman–Crippen LogP) is 5.09. The van der Waals surface area contributed by atoms with Crippen molar-refractivity contribution in [3.05, 3.63) is 59.3 Å². The van der Waals surface area contributed by atoms with Crippen LogP contribution in [0.5, 0.6) is 5.75 Å². The van der Waals surface area contributed by atoms with E-state index in [4.69, 9.17) is 0 Å². The molecule has 0 unspecified atom stereocenters. The number of fused-ring (bicyclic) bond motifs is 5. The summed E-state index contributed by atoms with van der Waals surface area (Å²) in [5.74, 6) is 0.949. The van der Waals surface area contributed by atoms with Crippen molar-refractivity contribution in [1.82, 2.24) is 0 Å². The number of allylic oxidation sites excluding steroid dienone is 1. The average molecular weight is 276 g/mol. The van der Waals surface area contributed by atoms with Crippen LogP contribution in [0, 0.1) is 5.41 Å². The summed E-state index contributed by atoms with van der Waals surface area (Å²) in [5, 5.41) is 12.1. The molecule has 0 amide bonds. The molecule has 21 heavy (non-hydrogen) atoms. The second kappa shape index (κ2) is 4.26. The Morgan fingerprint density at radius 1 is 1.24 bits per heavy atom. The van der Waals surface area contributed by atoms with Crippen molar-refractivity contribution in [2.75, 3.05) is 0 Å². The number of rotatable bonds is 0. The highest BCUT2D eigenvalue weighted by atomic mass is 16.3. The fourth-order valence-corrected chi connectivity index (χ4v) is 4.61. The summed E-state index contributed by atoms with van der Waals surface area (Å²) >= 11 is 0. The molecule has 0 saturated heterocycles. The first-order valence-corrected chi connectivity index (χ1v) is 7.77. The van der Waals surface area contributed by atoms with E-state index >= 15 is 0 Å². The minimum absolute atomic E-state index is 0.249. The maximum atomic E-state index is 9.67. The van der Waals surface area contributed by atoms with E-state index in [0.29, 0.717) is 11.7 Å². The van der Waals surface area contributed by atoms with Gasteiger partial charge in [0.2, 0.25) is 0 Å². The first-order valence-electron chi connectivity index (χ1n) is 7.77. The van der Waals surface area contributed by atoms with Gasteiger partial charge >= 0.3 is 0 Å². The third-order valence-corrected chi connectivity index (χ3v) is 5.78. The van der Waals surface area contributed by atoms with Crippen LogP contribution in [0.1, 0.15) is 43.2 Å². The van der Waals surface area contributed by atoms with Gasteiger partial charge in [-0.3, -0.25) is 0 Å². The van der Waals surface area contributed by atoms with E-state index in [0.717, 1.165) is 18.2 Å². The molecule has 4 rings (SSSR count). The van der Waals surface area contributed by atoms with E-state index in [1.165, 1.54) is 34.9 Å². The first-order chi connectivity index (χ1) is 10.1. The largest absolute Gasteiger partial charge is 0.508 e. The van der Waals surface area contributed by atoms with Gasteiger partial charge in [-0.15, -0.1) is 5.73 Å². The Hall–Kier alpha value is -1.98. The van der Waals surface area contributed by atoms with Crippen molar-refractivity contribution in [1.29, 1.82) is 0 Å². The van der Waals surface area contributed by atoms with Gasteiger partial charge in [-0.1, -0.05) is 31.7 Å². The first kappa shape index (κ1) is 12.7. The zero-order valence-electron chi connectivity index (χ0n) is 12.4. The number of phenolic OH excluding ortho intramolecular Hbond substituents is 1. The molecule has 0 bridgehead atoms. The Bertz CT molecular complexity index is 795. The van der Waals surface area contributed by atoms with Gasteiger partial charge in [0.1, 0.15) is 5.75 Å². The van der Waals surface area contributed by atoms with E-state index in [-0.39, 0.29) is 5.41 Å². The molecule has 1 heteroatoms.